The van der Waals surface area contributed by atoms with E-state index < -0.39 is 37.9 Å². The minimum Gasteiger partial charge on any atom is -0.371 e. The summed E-state index contributed by atoms with van der Waals surface area (Å²) < 4.78 is 43.3. The molecule has 2 aromatic heterocycles. The van der Waals surface area contributed by atoms with Gasteiger partial charge in [0.25, 0.3) is 5.56 Å². The van der Waals surface area contributed by atoms with Gasteiger partial charge in [-0.1, -0.05) is 97.3 Å². The van der Waals surface area contributed by atoms with Gasteiger partial charge >= 0.3 is 7.82 Å². The molecule has 0 radical (unpaired) electrons. The van der Waals surface area contributed by atoms with Crippen molar-refractivity contribution in [2.75, 3.05) is 26.6 Å². The zero-order valence-electron chi connectivity index (χ0n) is 25.9. The lowest BCUT2D eigenvalue weighted by atomic mass is 10.0. The number of aromatic nitrogens is 4. The lowest BCUT2D eigenvalue weighted by Gasteiger charge is -2.27. The standard InChI is InChI=1S/C29H52N5O7P/c1-5-7-8-9-10-11-12-13-14-15-16-17-18-19-20-39-25-24(41-42(36,37-3)38-4)22(6-2)40-28(25)34-21-31-23-26(34)32-29(30)33-27(23)35/h21-22,24-25,28H,5-20H2,1-4H3,(H3,30,32,33,35). The fourth-order valence-electron chi connectivity index (χ4n) is 5.52. The summed E-state index contributed by atoms with van der Waals surface area (Å²) in [4.78, 5) is 23.3. The molecule has 1 aliphatic heterocycles. The highest BCUT2D eigenvalue weighted by Gasteiger charge is 2.50. The van der Waals surface area contributed by atoms with Crippen molar-refractivity contribution < 1.29 is 27.6 Å². The van der Waals surface area contributed by atoms with Gasteiger partial charge in [-0.15, -0.1) is 0 Å². The van der Waals surface area contributed by atoms with E-state index in [1.54, 1.807) is 4.57 Å². The summed E-state index contributed by atoms with van der Waals surface area (Å²) in [7, 11) is -1.30. The second kappa shape index (κ2) is 18.1. The highest BCUT2D eigenvalue weighted by Crippen LogP contribution is 2.52. The summed E-state index contributed by atoms with van der Waals surface area (Å²) in [6.07, 6.45) is 17.1. The number of nitrogens with one attached hydrogen (secondary N) is 1. The molecule has 3 rings (SSSR count). The van der Waals surface area contributed by atoms with Crippen LogP contribution in [-0.4, -0.2) is 58.7 Å². The SMILES string of the molecule is CCCCCCCCCCCCCCCCOC1C(OP(=O)(OC)OC)C(CC)OC1n1cnc2c(=O)[nH]c(N)nc21. The average Bonchev–Trinajstić information content (AvgIpc) is 3.55. The Balaban J connectivity index is 1.53. The molecule has 3 heterocycles. The second-order valence-electron chi connectivity index (χ2n) is 11.1. The van der Waals surface area contributed by atoms with E-state index >= 15 is 0 Å². The van der Waals surface area contributed by atoms with Crippen LogP contribution in [0.2, 0.25) is 0 Å². The van der Waals surface area contributed by atoms with E-state index in [9.17, 15) is 9.36 Å². The van der Waals surface area contributed by atoms with E-state index in [2.05, 4.69) is 21.9 Å². The fraction of sp³-hybridized carbons (Fsp3) is 0.828. The number of anilines is 1. The lowest BCUT2D eigenvalue weighted by Crippen LogP contribution is -2.36. The average molecular weight is 614 g/mol. The molecule has 4 unspecified atom stereocenters. The highest BCUT2D eigenvalue weighted by molar-refractivity contribution is 7.48. The molecule has 0 aliphatic carbocycles. The number of aromatic amines is 1. The molecule has 12 nitrogen and oxygen atoms in total. The zero-order valence-corrected chi connectivity index (χ0v) is 26.8. The number of H-pyrrole nitrogens is 1. The van der Waals surface area contributed by atoms with Crippen LogP contribution in [0.3, 0.4) is 0 Å². The largest absolute Gasteiger partial charge is 0.474 e. The van der Waals surface area contributed by atoms with Crippen molar-refractivity contribution in [2.24, 2.45) is 0 Å². The maximum atomic E-state index is 13.0. The van der Waals surface area contributed by atoms with Gasteiger partial charge in [0.05, 0.1) is 12.4 Å². The molecular formula is C29H52N5O7P. The summed E-state index contributed by atoms with van der Waals surface area (Å²) >= 11 is 0. The molecule has 13 heteroatoms. The number of imidazole rings is 1. The quantitative estimate of drug-likeness (QED) is 0.109. The number of hydrogen-bond donors (Lipinski definition) is 2. The summed E-state index contributed by atoms with van der Waals surface area (Å²) in [5.74, 6) is -0.0322. The molecule has 0 spiro atoms. The monoisotopic (exact) mass is 613 g/mol. The number of fused-ring (bicyclic) bond motifs is 1. The molecule has 1 fully saturated rings. The van der Waals surface area contributed by atoms with Crippen LogP contribution < -0.4 is 11.3 Å². The van der Waals surface area contributed by atoms with Crippen molar-refractivity contribution in [2.45, 2.75) is 135 Å². The van der Waals surface area contributed by atoms with Gasteiger partial charge in [0.15, 0.2) is 17.4 Å². The van der Waals surface area contributed by atoms with E-state index in [1.807, 2.05) is 6.92 Å². The Morgan fingerprint density at radius 3 is 2.05 bits per heavy atom. The van der Waals surface area contributed by atoms with Gasteiger partial charge < -0.3 is 15.2 Å². The predicted molar refractivity (Wildman–Crippen MR) is 163 cm³/mol. The van der Waals surface area contributed by atoms with Crippen molar-refractivity contribution in [1.29, 1.82) is 0 Å². The number of nitrogens with zero attached hydrogens (tertiary/aromatic N) is 3. The van der Waals surface area contributed by atoms with Crippen molar-refractivity contribution in [3.05, 3.63) is 16.7 Å². The van der Waals surface area contributed by atoms with Crippen molar-refractivity contribution >= 4 is 24.9 Å². The minimum atomic E-state index is -3.84. The normalized spacial score (nSPS) is 21.0. The van der Waals surface area contributed by atoms with E-state index in [0.29, 0.717) is 13.0 Å². The van der Waals surface area contributed by atoms with Gasteiger partial charge in [0.2, 0.25) is 5.95 Å². The number of nitrogen functional groups attached to an aromatic ring is 1. The first-order valence-corrected chi connectivity index (χ1v) is 17.2. The fourth-order valence-corrected chi connectivity index (χ4v) is 6.40. The number of phosphoric ester groups is 1. The van der Waals surface area contributed by atoms with Crippen LogP contribution in [0.1, 0.15) is 116 Å². The van der Waals surface area contributed by atoms with Crippen molar-refractivity contribution in [3.8, 4) is 0 Å². The summed E-state index contributed by atoms with van der Waals surface area (Å²) in [6, 6.07) is 0. The Labute approximate surface area is 250 Å². The Hall–Kier alpha value is -1.82. The molecule has 0 saturated carbocycles. The Morgan fingerprint density at radius 2 is 1.50 bits per heavy atom. The van der Waals surface area contributed by atoms with Crippen LogP contribution in [0.4, 0.5) is 5.95 Å². The smallest absolute Gasteiger partial charge is 0.371 e. The highest BCUT2D eigenvalue weighted by atomic mass is 31.2. The zero-order chi connectivity index (χ0) is 30.4. The molecule has 0 aromatic carbocycles. The molecule has 240 valence electrons. The molecule has 3 N–H and O–H groups in total. The molecule has 42 heavy (non-hydrogen) atoms. The molecule has 0 amide bonds. The van der Waals surface area contributed by atoms with Crippen LogP contribution in [0, 0.1) is 0 Å². The number of nitrogens with two attached hydrogens (primary N) is 1. The van der Waals surface area contributed by atoms with Gasteiger partial charge in [-0.3, -0.25) is 27.9 Å². The van der Waals surface area contributed by atoms with Gasteiger partial charge in [0.1, 0.15) is 12.2 Å². The second-order valence-corrected chi connectivity index (χ2v) is 12.9. The number of ether oxygens (including phenoxy) is 2. The van der Waals surface area contributed by atoms with Gasteiger partial charge in [-0.05, 0) is 12.8 Å². The maximum Gasteiger partial charge on any atom is 0.474 e. The van der Waals surface area contributed by atoms with Crippen molar-refractivity contribution in [1.82, 2.24) is 19.5 Å². The third-order valence-corrected chi connectivity index (χ3v) is 9.31. The van der Waals surface area contributed by atoms with Gasteiger partial charge in [-0.2, -0.15) is 4.98 Å². The molecule has 1 saturated heterocycles. The molecule has 0 bridgehead atoms. The molecule has 2 aromatic rings. The van der Waals surface area contributed by atoms with E-state index in [4.69, 9.17) is 28.8 Å². The van der Waals surface area contributed by atoms with Crippen molar-refractivity contribution in [3.63, 3.8) is 0 Å². The van der Waals surface area contributed by atoms with Crippen LogP contribution >= 0.6 is 7.82 Å². The number of hydrogen-bond acceptors (Lipinski definition) is 10. The van der Waals surface area contributed by atoms with Gasteiger partial charge in [-0.25, -0.2) is 9.55 Å². The lowest BCUT2D eigenvalue weighted by molar-refractivity contribution is -0.0677. The first kappa shape index (κ1) is 34.7. The number of rotatable bonds is 22. The first-order valence-electron chi connectivity index (χ1n) is 15.8. The molecular weight excluding hydrogens is 561 g/mol. The predicted octanol–water partition coefficient (Wildman–Crippen LogP) is 6.66. The number of phosphoric acid groups is 1. The van der Waals surface area contributed by atoms with E-state index in [-0.39, 0.29) is 17.1 Å². The van der Waals surface area contributed by atoms with Crippen LogP contribution in [-0.2, 0) is 27.6 Å². The Bertz CT molecular complexity index is 1150. The van der Waals surface area contributed by atoms with Crippen LogP contribution in [0.25, 0.3) is 11.2 Å². The Morgan fingerprint density at radius 1 is 0.929 bits per heavy atom. The third-order valence-electron chi connectivity index (χ3n) is 7.92. The third kappa shape index (κ3) is 9.86. The minimum absolute atomic E-state index is 0.0322. The maximum absolute atomic E-state index is 13.0. The van der Waals surface area contributed by atoms with Crippen LogP contribution in [0.15, 0.2) is 11.1 Å². The number of unbranched alkanes of at least 4 members (excludes halogenated alkanes) is 13. The summed E-state index contributed by atoms with van der Waals surface area (Å²) in [5, 5.41) is 0. The van der Waals surface area contributed by atoms with Gasteiger partial charge in [0, 0.05) is 20.8 Å². The summed E-state index contributed by atoms with van der Waals surface area (Å²) in [6.45, 7) is 4.66. The molecule has 4 atom stereocenters. The topological polar surface area (TPSA) is 153 Å². The van der Waals surface area contributed by atoms with E-state index in [1.165, 1.54) is 91.2 Å². The summed E-state index contributed by atoms with van der Waals surface area (Å²) in [5.41, 5.74) is 5.77. The van der Waals surface area contributed by atoms with Crippen LogP contribution in [0.5, 0.6) is 0 Å². The van der Waals surface area contributed by atoms with E-state index in [0.717, 1.165) is 19.3 Å². The Kier molecular flexibility index (Phi) is 14.9. The first-order chi connectivity index (χ1) is 20.4. The molecule has 1 aliphatic rings.